The van der Waals surface area contributed by atoms with Crippen molar-refractivity contribution in [3.8, 4) is 11.5 Å². The molecule has 0 radical (unpaired) electrons. The Morgan fingerprint density at radius 2 is 1.56 bits per heavy atom. The quantitative estimate of drug-likeness (QED) is 0.772. The lowest BCUT2D eigenvalue weighted by Crippen LogP contribution is -2.48. The van der Waals surface area contributed by atoms with Gasteiger partial charge in [0.25, 0.3) is 5.91 Å². The summed E-state index contributed by atoms with van der Waals surface area (Å²) in [6.07, 6.45) is 0. The Morgan fingerprint density at radius 1 is 0.889 bits per heavy atom. The van der Waals surface area contributed by atoms with Gasteiger partial charge in [-0.15, -0.1) is 0 Å². The number of carbonyl (C=O) groups is 1. The van der Waals surface area contributed by atoms with Crippen LogP contribution in [0.3, 0.4) is 0 Å². The zero-order valence-corrected chi connectivity index (χ0v) is 15.6. The van der Waals surface area contributed by atoms with Crippen molar-refractivity contribution in [2.45, 2.75) is 0 Å². The van der Waals surface area contributed by atoms with Gasteiger partial charge in [0.15, 0.2) is 0 Å². The van der Waals surface area contributed by atoms with Crippen molar-refractivity contribution >= 4 is 22.5 Å². The highest BCUT2D eigenvalue weighted by molar-refractivity contribution is 5.98. The van der Waals surface area contributed by atoms with E-state index < -0.39 is 0 Å². The van der Waals surface area contributed by atoms with Crippen molar-refractivity contribution in [1.82, 2.24) is 9.88 Å². The van der Waals surface area contributed by atoms with Gasteiger partial charge in [-0.05, 0) is 42.5 Å². The normalized spacial score (nSPS) is 14.4. The van der Waals surface area contributed by atoms with Gasteiger partial charge in [-0.2, -0.15) is 0 Å². The number of H-pyrrole nitrogens is 1. The number of rotatable bonds is 4. The average Bonchev–Trinajstić information content (AvgIpc) is 3.16. The highest BCUT2D eigenvalue weighted by atomic mass is 16.5. The molecule has 0 spiro atoms. The molecule has 0 saturated carbocycles. The molecule has 1 aliphatic rings. The van der Waals surface area contributed by atoms with Gasteiger partial charge in [-0.1, -0.05) is 0 Å². The van der Waals surface area contributed by atoms with E-state index in [9.17, 15) is 4.79 Å². The number of amides is 1. The number of ether oxygens (including phenoxy) is 2. The predicted molar refractivity (Wildman–Crippen MR) is 106 cm³/mol. The van der Waals surface area contributed by atoms with Gasteiger partial charge in [0.2, 0.25) is 0 Å². The van der Waals surface area contributed by atoms with Gasteiger partial charge >= 0.3 is 0 Å². The van der Waals surface area contributed by atoms with Crippen LogP contribution in [0.15, 0.2) is 48.5 Å². The van der Waals surface area contributed by atoms with Gasteiger partial charge in [-0.3, -0.25) is 4.79 Å². The molecule has 4 rings (SSSR count). The largest absolute Gasteiger partial charge is 0.497 e. The van der Waals surface area contributed by atoms with E-state index in [0.29, 0.717) is 18.8 Å². The third-order valence-electron chi connectivity index (χ3n) is 5.06. The van der Waals surface area contributed by atoms with Crippen LogP contribution in [0.1, 0.15) is 10.5 Å². The lowest BCUT2D eigenvalue weighted by molar-refractivity contribution is 0.0742. The molecule has 1 amide bonds. The van der Waals surface area contributed by atoms with Gasteiger partial charge in [0.05, 0.1) is 14.2 Å². The third-order valence-corrected chi connectivity index (χ3v) is 5.06. The Bertz CT molecular complexity index is 941. The van der Waals surface area contributed by atoms with Crippen LogP contribution in [0.5, 0.6) is 11.5 Å². The van der Waals surface area contributed by atoms with E-state index in [0.717, 1.165) is 41.2 Å². The minimum atomic E-state index is 0.0412. The molecule has 140 valence electrons. The third kappa shape index (κ3) is 3.43. The number of nitrogens with zero attached hydrogens (tertiary/aromatic N) is 2. The van der Waals surface area contributed by atoms with Crippen LogP contribution in [-0.2, 0) is 0 Å². The molecule has 0 bridgehead atoms. The molecule has 6 nitrogen and oxygen atoms in total. The van der Waals surface area contributed by atoms with Gasteiger partial charge in [-0.25, -0.2) is 0 Å². The summed E-state index contributed by atoms with van der Waals surface area (Å²) in [5, 5.41) is 1.01. The molecule has 1 aromatic heterocycles. The first-order valence-electron chi connectivity index (χ1n) is 9.03. The number of carbonyl (C=O) groups excluding carboxylic acids is 1. The van der Waals surface area contributed by atoms with Crippen molar-refractivity contribution in [2.75, 3.05) is 45.3 Å². The summed E-state index contributed by atoms with van der Waals surface area (Å²) in [4.78, 5) is 20.3. The molecule has 3 aromatic rings. The molecule has 2 heterocycles. The number of piperazine rings is 1. The minimum absolute atomic E-state index is 0.0412. The van der Waals surface area contributed by atoms with Crippen molar-refractivity contribution in [3.63, 3.8) is 0 Å². The first kappa shape index (κ1) is 17.3. The molecule has 6 heteroatoms. The van der Waals surface area contributed by atoms with Gasteiger partial charge in [0, 0.05) is 48.8 Å². The lowest BCUT2D eigenvalue weighted by atomic mass is 10.2. The van der Waals surface area contributed by atoms with Crippen LogP contribution >= 0.6 is 0 Å². The van der Waals surface area contributed by atoms with Crippen LogP contribution in [0.2, 0.25) is 0 Å². The summed E-state index contributed by atoms with van der Waals surface area (Å²) in [6.45, 7) is 3.02. The zero-order chi connectivity index (χ0) is 18.8. The average molecular weight is 365 g/mol. The molecular weight excluding hydrogens is 342 g/mol. The van der Waals surface area contributed by atoms with Crippen LogP contribution in [0.25, 0.3) is 10.9 Å². The van der Waals surface area contributed by atoms with Crippen LogP contribution in [0.4, 0.5) is 5.69 Å². The highest BCUT2D eigenvalue weighted by Crippen LogP contribution is 2.23. The summed E-state index contributed by atoms with van der Waals surface area (Å²) in [6, 6.07) is 15.7. The summed E-state index contributed by atoms with van der Waals surface area (Å²) in [7, 11) is 3.30. The molecule has 0 atom stereocenters. The summed E-state index contributed by atoms with van der Waals surface area (Å²) in [5.74, 6) is 1.67. The van der Waals surface area contributed by atoms with E-state index in [1.165, 1.54) is 0 Å². The summed E-state index contributed by atoms with van der Waals surface area (Å²) >= 11 is 0. The number of benzene rings is 2. The molecule has 1 aliphatic heterocycles. The fraction of sp³-hybridized carbons (Fsp3) is 0.286. The number of anilines is 1. The number of hydrogen-bond donors (Lipinski definition) is 1. The van der Waals surface area contributed by atoms with Crippen molar-refractivity contribution in [3.05, 3.63) is 54.2 Å². The number of methoxy groups -OCH3 is 2. The maximum atomic E-state index is 12.9. The molecule has 1 fully saturated rings. The Morgan fingerprint density at radius 3 is 2.22 bits per heavy atom. The van der Waals surface area contributed by atoms with Crippen LogP contribution < -0.4 is 14.4 Å². The van der Waals surface area contributed by atoms with Crippen molar-refractivity contribution in [1.29, 1.82) is 0 Å². The molecule has 1 saturated heterocycles. The van der Waals surface area contributed by atoms with E-state index in [1.807, 2.05) is 41.3 Å². The highest BCUT2D eigenvalue weighted by Gasteiger charge is 2.23. The molecule has 0 unspecified atom stereocenters. The molecule has 0 aliphatic carbocycles. The number of fused-ring (bicyclic) bond motifs is 1. The monoisotopic (exact) mass is 365 g/mol. The second-order valence-corrected chi connectivity index (χ2v) is 6.61. The van der Waals surface area contributed by atoms with Crippen LogP contribution in [-0.4, -0.2) is 56.2 Å². The second kappa shape index (κ2) is 7.23. The van der Waals surface area contributed by atoms with Crippen LogP contribution in [0, 0.1) is 0 Å². The summed E-state index contributed by atoms with van der Waals surface area (Å²) in [5.41, 5.74) is 2.69. The fourth-order valence-corrected chi connectivity index (χ4v) is 3.48. The van der Waals surface area contributed by atoms with Gasteiger partial charge in [0.1, 0.15) is 17.2 Å². The molecular formula is C21H23N3O3. The number of aromatic amines is 1. The Hall–Kier alpha value is -3.15. The van der Waals surface area contributed by atoms with E-state index in [1.54, 1.807) is 14.2 Å². The topological polar surface area (TPSA) is 57.8 Å². The fourth-order valence-electron chi connectivity index (χ4n) is 3.48. The van der Waals surface area contributed by atoms with E-state index in [4.69, 9.17) is 9.47 Å². The second-order valence-electron chi connectivity index (χ2n) is 6.61. The number of hydrogen-bond acceptors (Lipinski definition) is 4. The first-order valence-corrected chi connectivity index (χ1v) is 9.03. The number of aromatic nitrogens is 1. The first-order chi connectivity index (χ1) is 13.2. The maximum absolute atomic E-state index is 12.9. The maximum Gasteiger partial charge on any atom is 0.270 e. The smallest absolute Gasteiger partial charge is 0.270 e. The standard InChI is InChI=1S/C21H23N3O3/c1-26-17-7-4-16(5-8-17)23-9-11-24(12-10-23)21(25)20-13-15-3-6-18(27-2)14-19(15)22-20/h3-8,13-14,22H,9-12H2,1-2H3. The van der Waals surface area contributed by atoms with E-state index >= 15 is 0 Å². The van der Waals surface area contributed by atoms with E-state index in [-0.39, 0.29) is 5.91 Å². The zero-order valence-electron chi connectivity index (χ0n) is 15.6. The lowest BCUT2D eigenvalue weighted by Gasteiger charge is -2.36. The molecule has 1 N–H and O–H groups in total. The molecule has 27 heavy (non-hydrogen) atoms. The SMILES string of the molecule is COc1ccc(N2CCN(C(=O)c3cc4ccc(OC)cc4[nH]3)CC2)cc1. The van der Waals surface area contributed by atoms with Gasteiger partial charge < -0.3 is 24.3 Å². The minimum Gasteiger partial charge on any atom is -0.497 e. The van der Waals surface area contributed by atoms with E-state index in [2.05, 4.69) is 22.0 Å². The Balaban J connectivity index is 1.43. The number of nitrogens with one attached hydrogen (secondary N) is 1. The van der Waals surface area contributed by atoms with Crippen molar-refractivity contribution < 1.29 is 14.3 Å². The predicted octanol–water partition coefficient (Wildman–Crippen LogP) is 3.15. The Labute approximate surface area is 158 Å². The summed E-state index contributed by atoms with van der Waals surface area (Å²) < 4.78 is 10.5. The Kier molecular flexibility index (Phi) is 4.62. The van der Waals surface area contributed by atoms with Crippen molar-refractivity contribution in [2.24, 2.45) is 0 Å². The molecule has 2 aromatic carbocycles.